The normalized spacial score (nSPS) is 24.9. The SMILES string of the molecule is C[C@]1(c2ccccc2O)NC(=O)NC1=O. The lowest BCUT2D eigenvalue weighted by Gasteiger charge is -2.21. The van der Waals surface area contributed by atoms with Crippen LogP contribution in [0, 0.1) is 0 Å². The molecule has 2 rings (SSSR count). The Labute approximate surface area is 86.1 Å². The van der Waals surface area contributed by atoms with Crippen LogP contribution < -0.4 is 10.6 Å². The Balaban J connectivity index is 2.51. The number of urea groups is 1. The second-order valence-corrected chi connectivity index (χ2v) is 3.55. The third-order valence-electron chi connectivity index (χ3n) is 2.49. The van der Waals surface area contributed by atoms with E-state index in [0.717, 1.165) is 0 Å². The van der Waals surface area contributed by atoms with Crippen LogP contribution in [0.4, 0.5) is 4.79 Å². The topological polar surface area (TPSA) is 78.4 Å². The van der Waals surface area contributed by atoms with Gasteiger partial charge in [0.1, 0.15) is 11.3 Å². The molecule has 5 nitrogen and oxygen atoms in total. The molecule has 78 valence electrons. The molecular formula is C10H10N2O3. The zero-order chi connectivity index (χ0) is 11.1. The summed E-state index contributed by atoms with van der Waals surface area (Å²) in [5.41, 5.74) is -0.809. The molecule has 0 aromatic heterocycles. The molecule has 1 fully saturated rings. The number of phenols is 1. The third kappa shape index (κ3) is 1.32. The van der Waals surface area contributed by atoms with Crippen LogP contribution >= 0.6 is 0 Å². The van der Waals surface area contributed by atoms with Gasteiger partial charge in [-0.25, -0.2) is 4.79 Å². The minimum Gasteiger partial charge on any atom is -0.508 e. The smallest absolute Gasteiger partial charge is 0.322 e. The standard InChI is InChI=1S/C10H10N2O3/c1-10(8(14)11-9(15)12-10)6-4-2-3-5-7(6)13/h2-5,13H,1H3,(H2,11,12,14,15)/t10-/m1/s1. The van der Waals surface area contributed by atoms with Crippen molar-refractivity contribution in [2.75, 3.05) is 0 Å². The highest BCUT2D eigenvalue weighted by Crippen LogP contribution is 2.30. The zero-order valence-electron chi connectivity index (χ0n) is 8.07. The maximum absolute atomic E-state index is 11.6. The average molecular weight is 206 g/mol. The predicted octanol–water partition coefficient (Wildman–Crippen LogP) is 0.447. The number of carbonyl (C=O) groups excluding carboxylic acids is 2. The van der Waals surface area contributed by atoms with Gasteiger partial charge in [0.2, 0.25) is 0 Å². The molecule has 0 saturated carbocycles. The minimum absolute atomic E-state index is 0.0163. The molecule has 3 N–H and O–H groups in total. The Morgan fingerprint density at radius 3 is 2.47 bits per heavy atom. The highest BCUT2D eigenvalue weighted by Gasteiger charge is 2.44. The van der Waals surface area contributed by atoms with Gasteiger partial charge in [-0.2, -0.15) is 0 Å². The summed E-state index contributed by atoms with van der Waals surface area (Å²) in [6, 6.07) is 5.86. The molecule has 1 saturated heterocycles. The number of imide groups is 1. The monoisotopic (exact) mass is 206 g/mol. The summed E-state index contributed by atoms with van der Waals surface area (Å²) < 4.78 is 0. The van der Waals surface area contributed by atoms with Gasteiger partial charge in [0.05, 0.1) is 0 Å². The first-order valence-corrected chi connectivity index (χ1v) is 4.46. The molecule has 1 atom stereocenters. The third-order valence-corrected chi connectivity index (χ3v) is 2.49. The van der Waals surface area contributed by atoms with Gasteiger partial charge >= 0.3 is 6.03 Å². The van der Waals surface area contributed by atoms with Gasteiger partial charge in [0.25, 0.3) is 5.91 Å². The highest BCUT2D eigenvalue weighted by molar-refractivity contribution is 6.07. The van der Waals surface area contributed by atoms with E-state index in [4.69, 9.17) is 0 Å². The van der Waals surface area contributed by atoms with Gasteiger partial charge in [-0.15, -0.1) is 0 Å². The number of hydrogen-bond acceptors (Lipinski definition) is 3. The van der Waals surface area contributed by atoms with Crippen LogP contribution in [-0.4, -0.2) is 17.0 Å². The Morgan fingerprint density at radius 2 is 1.93 bits per heavy atom. The number of para-hydroxylation sites is 1. The lowest BCUT2D eigenvalue weighted by atomic mass is 9.91. The van der Waals surface area contributed by atoms with Crippen molar-refractivity contribution in [3.05, 3.63) is 29.8 Å². The van der Waals surface area contributed by atoms with E-state index in [-0.39, 0.29) is 5.75 Å². The largest absolute Gasteiger partial charge is 0.508 e. The van der Waals surface area contributed by atoms with E-state index >= 15 is 0 Å². The van der Waals surface area contributed by atoms with Crippen molar-refractivity contribution in [1.29, 1.82) is 0 Å². The predicted molar refractivity (Wildman–Crippen MR) is 52.1 cm³/mol. The number of rotatable bonds is 1. The van der Waals surface area contributed by atoms with Crippen molar-refractivity contribution in [2.45, 2.75) is 12.5 Å². The molecule has 1 aliphatic heterocycles. The van der Waals surface area contributed by atoms with E-state index in [1.54, 1.807) is 25.1 Å². The second kappa shape index (κ2) is 2.98. The van der Waals surface area contributed by atoms with Crippen LogP contribution in [-0.2, 0) is 10.3 Å². The molecule has 0 unspecified atom stereocenters. The molecule has 3 amide bonds. The molecular weight excluding hydrogens is 196 g/mol. The Hall–Kier alpha value is -2.04. The zero-order valence-corrected chi connectivity index (χ0v) is 8.07. The molecule has 1 aromatic rings. The fourth-order valence-electron chi connectivity index (χ4n) is 1.63. The Kier molecular flexibility index (Phi) is 1.89. The first-order valence-electron chi connectivity index (χ1n) is 4.46. The van der Waals surface area contributed by atoms with Crippen LogP contribution in [0.1, 0.15) is 12.5 Å². The van der Waals surface area contributed by atoms with Gasteiger partial charge < -0.3 is 10.4 Å². The van der Waals surface area contributed by atoms with Gasteiger partial charge in [-0.05, 0) is 13.0 Å². The Morgan fingerprint density at radius 1 is 1.27 bits per heavy atom. The number of benzene rings is 1. The van der Waals surface area contributed by atoms with Crippen molar-refractivity contribution < 1.29 is 14.7 Å². The van der Waals surface area contributed by atoms with E-state index in [0.29, 0.717) is 5.56 Å². The van der Waals surface area contributed by atoms with Crippen LogP contribution in [0.25, 0.3) is 0 Å². The number of hydrogen-bond donors (Lipinski definition) is 3. The van der Waals surface area contributed by atoms with Crippen LogP contribution in [0.3, 0.4) is 0 Å². The minimum atomic E-state index is -1.19. The molecule has 0 aliphatic carbocycles. The number of aromatic hydroxyl groups is 1. The van der Waals surface area contributed by atoms with E-state index in [1.807, 2.05) is 0 Å². The summed E-state index contributed by atoms with van der Waals surface area (Å²) in [6.07, 6.45) is 0. The molecule has 5 heteroatoms. The first-order chi connectivity index (χ1) is 7.04. The van der Waals surface area contributed by atoms with Crippen LogP contribution in [0.15, 0.2) is 24.3 Å². The van der Waals surface area contributed by atoms with E-state index in [2.05, 4.69) is 10.6 Å². The maximum atomic E-state index is 11.6. The van der Waals surface area contributed by atoms with Gasteiger partial charge in [-0.3, -0.25) is 10.1 Å². The molecule has 1 aromatic carbocycles. The van der Waals surface area contributed by atoms with Gasteiger partial charge in [-0.1, -0.05) is 18.2 Å². The quantitative estimate of drug-likeness (QED) is 0.583. The molecule has 1 heterocycles. The highest BCUT2D eigenvalue weighted by atomic mass is 16.3. The summed E-state index contributed by atoms with van der Waals surface area (Å²) in [4.78, 5) is 22.6. The summed E-state index contributed by atoms with van der Waals surface area (Å²) in [6.45, 7) is 1.54. The van der Waals surface area contributed by atoms with Crippen molar-refractivity contribution >= 4 is 11.9 Å². The average Bonchev–Trinajstić information content (AvgIpc) is 2.42. The van der Waals surface area contributed by atoms with E-state index < -0.39 is 17.5 Å². The van der Waals surface area contributed by atoms with Crippen molar-refractivity contribution in [2.24, 2.45) is 0 Å². The summed E-state index contributed by atoms with van der Waals surface area (Å²) in [7, 11) is 0. The van der Waals surface area contributed by atoms with Crippen molar-refractivity contribution in [3.63, 3.8) is 0 Å². The summed E-state index contributed by atoms with van der Waals surface area (Å²) >= 11 is 0. The molecule has 0 radical (unpaired) electrons. The Bertz CT molecular complexity index is 444. The van der Waals surface area contributed by atoms with E-state index in [1.165, 1.54) is 6.07 Å². The van der Waals surface area contributed by atoms with Crippen molar-refractivity contribution in [1.82, 2.24) is 10.6 Å². The number of carbonyl (C=O) groups is 2. The fraction of sp³-hybridized carbons (Fsp3) is 0.200. The molecule has 1 aliphatic rings. The maximum Gasteiger partial charge on any atom is 0.322 e. The van der Waals surface area contributed by atoms with Crippen LogP contribution in [0.5, 0.6) is 5.75 Å². The number of phenolic OH excluding ortho intramolecular Hbond substituents is 1. The molecule has 15 heavy (non-hydrogen) atoms. The summed E-state index contributed by atoms with van der Waals surface area (Å²) in [5.74, 6) is -0.480. The lowest BCUT2D eigenvalue weighted by molar-refractivity contribution is -0.123. The molecule has 0 spiro atoms. The summed E-state index contributed by atoms with van der Waals surface area (Å²) in [5, 5.41) is 14.2. The number of amides is 3. The van der Waals surface area contributed by atoms with Crippen LogP contribution in [0.2, 0.25) is 0 Å². The first kappa shape index (κ1) is 9.51. The van der Waals surface area contributed by atoms with Gasteiger partial charge in [0, 0.05) is 5.56 Å². The molecule has 0 bridgehead atoms. The lowest BCUT2D eigenvalue weighted by Crippen LogP contribution is -2.40. The van der Waals surface area contributed by atoms with Crippen molar-refractivity contribution in [3.8, 4) is 5.75 Å². The second-order valence-electron chi connectivity index (χ2n) is 3.55. The fourth-order valence-corrected chi connectivity index (χ4v) is 1.63. The number of nitrogens with one attached hydrogen (secondary N) is 2. The van der Waals surface area contributed by atoms with Gasteiger partial charge in [0.15, 0.2) is 0 Å². The van der Waals surface area contributed by atoms with E-state index in [9.17, 15) is 14.7 Å².